The van der Waals surface area contributed by atoms with Gasteiger partial charge in [0, 0.05) is 11.4 Å². The molecule has 16 heavy (non-hydrogen) atoms. The molecule has 1 unspecified atom stereocenters. The molecule has 1 aromatic heterocycles. The highest BCUT2D eigenvalue weighted by Gasteiger charge is 2.09. The van der Waals surface area contributed by atoms with Gasteiger partial charge in [-0.3, -0.25) is 0 Å². The van der Waals surface area contributed by atoms with Gasteiger partial charge in [0.1, 0.15) is 5.00 Å². The topological polar surface area (TPSA) is 50.9 Å². The molecule has 1 atom stereocenters. The van der Waals surface area contributed by atoms with Gasteiger partial charge < -0.3 is 11.1 Å². The number of nitrogens with zero attached hydrogens (tertiary/aromatic N) is 1. The van der Waals surface area contributed by atoms with Gasteiger partial charge in [-0.1, -0.05) is 19.1 Å². The zero-order chi connectivity index (χ0) is 11.4. The van der Waals surface area contributed by atoms with Gasteiger partial charge in [-0.2, -0.15) is 4.37 Å². The summed E-state index contributed by atoms with van der Waals surface area (Å²) in [5.74, 6) is 0. The summed E-state index contributed by atoms with van der Waals surface area (Å²) in [6.07, 6.45) is 2.09. The third-order valence-electron chi connectivity index (χ3n) is 2.73. The molecule has 3 nitrogen and oxygen atoms in total. The molecule has 2 aromatic rings. The Labute approximate surface area is 99.8 Å². The fourth-order valence-electron chi connectivity index (χ4n) is 1.76. The number of hydrogen-bond donors (Lipinski definition) is 2. The summed E-state index contributed by atoms with van der Waals surface area (Å²) >= 11 is 1.53. The average molecular weight is 235 g/mol. The van der Waals surface area contributed by atoms with Crippen molar-refractivity contribution in [2.24, 2.45) is 5.73 Å². The number of fused-ring (bicyclic) bond motifs is 1. The number of nitrogens with one attached hydrogen (secondary N) is 1. The zero-order valence-electron chi connectivity index (χ0n) is 9.44. The van der Waals surface area contributed by atoms with E-state index in [9.17, 15) is 0 Å². The molecule has 86 valence electrons. The lowest BCUT2D eigenvalue weighted by atomic mass is 10.1. The molecule has 0 aliphatic heterocycles. The lowest BCUT2D eigenvalue weighted by Gasteiger charge is -2.15. The van der Waals surface area contributed by atoms with Crippen molar-refractivity contribution < 1.29 is 0 Å². The smallest absolute Gasteiger partial charge is 0.117 e. The molecule has 3 N–H and O–H groups in total. The van der Waals surface area contributed by atoms with Crippen molar-refractivity contribution >= 4 is 27.4 Å². The predicted molar refractivity (Wildman–Crippen MR) is 71.0 cm³/mol. The minimum Gasteiger partial charge on any atom is -0.372 e. The first-order valence-electron chi connectivity index (χ1n) is 5.66. The first-order valence-corrected chi connectivity index (χ1v) is 6.43. The van der Waals surface area contributed by atoms with Crippen LogP contribution in [0.2, 0.25) is 0 Å². The minimum atomic E-state index is 0.453. The zero-order valence-corrected chi connectivity index (χ0v) is 10.3. The van der Waals surface area contributed by atoms with Gasteiger partial charge in [-0.25, -0.2) is 0 Å². The van der Waals surface area contributed by atoms with E-state index in [0.29, 0.717) is 6.04 Å². The summed E-state index contributed by atoms with van der Waals surface area (Å²) in [4.78, 5) is 0. The Hall–Kier alpha value is -1.13. The maximum absolute atomic E-state index is 5.59. The SMILES string of the molecule is CCC(CCN)Nc1snc2ccccc12. The van der Waals surface area contributed by atoms with Crippen LogP contribution in [0.15, 0.2) is 24.3 Å². The van der Waals surface area contributed by atoms with E-state index in [1.807, 2.05) is 18.2 Å². The van der Waals surface area contributed by atoms with Gasteiger partial charge in [0.15, 0.2) is 0 Å². The van der Waals surface area contributed by atoms with E-state index in [0.717, 1.165) is 29.9 Å². The Morgan fingerprint density at radius 3 is 3.00 bits per heavy atom. The molecule has 1 aromatic carbocycles. The highest BCUT2D eigenvalue weighted by Crippen LogP contribution is 2.28. The Bertz CT molecular complexity index is 452. The Morgan fingerprint density at radius 1 is 1.44 bits per heavy atom. The molecule has 0 saturated carbocycles. The van der Waals surface area contributed by atoms with Crippen LogP contribution in [-0.2, 0) is 0 Å². The molecule has 0 fully saturated rings. The molecule has 0 amide bonds. The number of aromatic nitrogens is 1. The van der Waals surface area contributed by atoms with Crippen LogP contribution in [0.3, 0.4) is 0 Å². The molecular formula is C12H17N3S. The number of rotatable bonds is 5. The largest absolute Gasteiger partial charge is 0.372 e. The van der Waals surface area contributed by atoms with E-state index < -0.39 is 0 Å². The van der Waals surface area contributed by atoms with Crippen molar-refractivity contribution in [2.45, 2.75) is 25.8 Å². The maximum Gasteiger partial charge on any atom is 0.117 e. The molecule has 1 heterocycles. The number of anilines is 1. The number of nitrogens with two attached hydrogens (primary N) is 1. The van der Waals surface area contributed by atoms with Gasteiger partial charge in [-0.15, -0.1) is 0 Å². The van der Waals surface area contributed by atoms with Crippen LogP contribution in [0.5, 0.6) is 0 Å². The highest BCUT2D eigenvalue weighted by molar-refractivity contribution is 7.11. The van der Waals surface area contributed by atoms with Gasteiger partial charge in [0.25, 0.3) is 0 Å². The van der Waals surface area contributed by atoms with Crippen molar-refractivity contribution in [3.05, 3.63) is 24.3 Å². The normalized spacial score (nSPS) is 12.9. The molecule has 0 saturated heterocycles. The maximum atomic E-state index is 5.59. The molecule has 0 spiro atoms. The average Bonchev–Trinajstić information content (AvgIpc) is 2.72. The Morgan fingerprint density at radius 2 is 2.25 bits per heavy atom. The van der Waals surface area contributed by atoms with E-state index in [-0.39, 0.29) is 0 Å². The van der Waals surface area contributed by atoms with E-state index in [4.69, 9.17) is 5.73 Å². The minimum absolute atomic E-state index is 0.453. The van der Waals surface area contributed by atoms with Crippen molar-refractivity contribution in [1.82, 2.24) is 4.37 Å². The fourth-order valence-corrected chi connectivity index (χ4v) is 2.60. The van der Waals surface area contributed by atoms with Crippen LogP contribution in [0.25, 0.3) is 10.9 Å². The monoisotopic (exact) mass is 235 g/mol. The lowest BCUT2D eigenvalue weighted by Crippen LogP contribution is -2.21. The van der Waals surface area contributed by atoms with E-state index in [1.165, 1.54) is 16.9 Å². The van der Waals surface area contributed by atoms with Crippen LogP contribution in [0, 0.1) is 0 Å². The first kappa shape index (κ1) is 11.4. The molecule has 0 aliphatic carbocycles. The molecule has 0 aliphatic rings. The molecule has 0 bridgehead atoms. The molecular weight excluding hydrogens is 218 g/mol. The second-order valence-corrected chi connectivity index (χ2v) is 4.63. The Kier molecular flexibility index (Phi) is 3.74. The van der Waals surface area contributed by atoms with Gasteiger partial charge in [0.2, 0.25) is 0 Å². The second-order valence-electron chi connectivity index (χ2n) is 3.86. The highest BCUT2D eigenvalue weighted by atomic mass is 32.1. The van der Waals surface area contributed by atoms with Gasteiger partial charge >= 0.3 is 0 Å². The summed E-state index contributed by atoms with van der Waals surface area (Å²) in [6.45, 7) is 2.90. The van der Waals surface area contributed by atoms with Gasteiger partial charge in [-0.05, 0) is 43.1 Å². The van der Waals surface area contributed by atoms with Crippen LogP contribution in [0.4, 0.5) is 5.00 Å². The fraction of sp³-hybridized carbons (Fsp3) is 0.417. The third-order valence-corrected chi connectivity index (χ3v) is 3.54. The number of hydrogen-bond acceptors (Lipinski definition) is 4. The van der Waals surface area contributed by atoms with E-state index in [1.54, 1.807) is 0 Å². The van der Waals surface area contributed by atoms with Crippen LogP contribution in [-0.4, -0.2) is 17.0 Å². The lowest BCUT2D eigenvalue weighted by molar-refractivity contribution is 0.644. The van der Waals surface area contributed by atoms with E-state index in [2.05, 4.69) is 22.7 Å². The van der Waals surface area contributed by atoms with Crippen LogP contribution < -0.4 is 11.1 Å². The third kappa shape index (κ3) is 2.33. The van der Waals surface area contributed by atoms with Crippen molar-refractivity contribution in [3.8, 4) is 0 Å². The number of benzene rings is 1. The quantitative estimate of drug-likeness (QED) is 0.838. The summed E-state index contributed by atoms with van der Waals surface area (Å²) in [6, 6.07) is 8.67. The molecule has 4 heteroatoms. The standard InChI is InChI=1S/C12H17N3S/c1-2-9(7-8-13)14-12-10-5-3-4-6-11(10)15-16-12/h3-6,9,14H,2,7-8,13H2,1H3. The summed E-state index contributed by atoms with van der Waals surface area (Å²) < 4.78 is 4.41. The van der Waals surface area contributed by atoms with Crippen molar-refractivity contribution in [3.63, 3.8) is 0 Å². The van der Waals surface area contributed by atoms with Crippen molar-refractivity contribution in [1.29, 1.82) is 0 Å². The second kappa shape index (κ2) is 5.27. The van der Waals surface area contributed by atoms with Gasteiger partial charge in [0.05, 0.1) is 5.52 Å². The Balaban J connectivity index is 2.20. The summed E-state index contributed by atoms with van der Waals surface area (Å²) in [7, 11) is 0. The molecule has 2 rings (SSSR count). The predicted octanol–water partition coefficient (Wildman–Crippen LogP) is 2.84. The summed E-state index contributed by atoms with van der Waals surface area (Å²) in [5.41, 5.74) is 6.66. The molecule has 0 radical (unpaired) electrons. The van der Waals surface area contributed by atoms with Crippen molar-refractivity contribution in [2.75, 3.05) is 11.9 Å². The summed E-state index contributed by atoms with van der Waals surface area (Å²) in [5, 5.41) is 5.90. The van der Waals surface area contributed by atoms with Crippen LogP contribution in [0.1, 0.15) is 19.8 Å². The van der Waals surface area contributed by atoms with E-state index >= 15 is 0 Å². The van der Waals surface area contributed by atoms with Crippen LogP contribution >= 0.6 is 11.5 Å². The first-order chi connectivity index (χ1) is 7.85.